The van der Waals surface area contributed by atoms with Crippen molar-refractivity contribution in [2.24, 2.45) is 0 Å². The molecule has 0 aliphatic rings. The highest BCUT2D eigenvalue weighted by atomic mass is 16.2. The average molecular weight is 315 g/mol. The van der Waals surface area contributed by atoms with E-state index < -0.39 is 6.04 Å². The van der Waals surface area contributed by atoms with Crippen LogP contribution in [-0.2, 0) is 16.1 Å². The minimum absolute atomic E-state index is 0.0292. The van der Waals surface area contributed by atoms with Crippen molar-refractivity contribution in [3.8, 4) is 0 Å². The Hall–Kier alpha value is -2.70. The predicted molar refractivity (Wildman–Crippen MR) is 85.3 cm³/mol. The van der Waals surface area contributed by atoms with Crippen LogP contribution in [0.5, 0.6) is 0 Å². The van der Waals surface area contributed by atoms with E-state index in [2.05, 4.69) is 15.4 Å². The van der Waals surface area contributed by atoms with Crippen LogP contribution >= 0.6 is 0 Å². The number of likely N-dealkylation sites (N-methyl/N-ethyl adjacent to an activating group) is 1. The van der Waals surface area contributed by atoms with E-state index >= 15 is 0 Å². The second-order valence-corrected chi connectivity index (χ2v) is 5.16. The Morgan fingerprint density at radius 2 is 2.04 bits per heavy atom. The van der Waals surface area contributed by atoms with Crippen LogP contribution in [0.25, 0.3) is 0 Å². The molecule has 1 N–H and O–H groups in total. The van der Waals surface area contributed by atoms with Crippen molar-refractivity contribution in [1.82, 2.24) is 25.0 Å². The molecule has 1 aromatic heterocycles. The fraction of sp³-hybridized carbons (Fsp3) is 0.375. The van der Waals surface area contributed by atoms with E-state index in [1.54, 1.807) is 11.8 Å². The first-order valence-corrected chi connectivity index (χ1v) is 7.55. The zero-order valence-corrected chi connectivity index (χ0v) is 13.3. The van der Waals surface area contributed by atoms with Gasteiger partial charge in [-0.3, -0.25) is 9.59 Å². The summed E-state index contributed by atoms with van der Waals surface area (Å²) in [5.74, 6) is -0.380. The van der Waals surface area contributed by atoms with Crippen LogP contribution in [0, 0.1) is 0 Å². The third-order valence-electron chi connectivity index (χ3n) is 3.58. The maximum absolute atomic E-state index is 12.3. The molecule has 0 aliphatic heterocycles. The lowest BCUT2D eigenvalue weighted by Crippen LogP contribution is -2.41. The number of carbonyl (C=O) groups is 2. The lowest BCUT2D eigenvalue weighted by atomic mass is 10.2. The smallest absolute Gasteiger partial charge is 0.245 e. The van der Waals surface area contributed by atoms with Crippen molar-refractivity contribution in [3.63, 3.8) is 0 Å². The molecule has 1 heterocycles. The van der Waals surface area contributed by atoms with Crippen LogP contribution in [-0.4, -0.2) is 44.6 Å². The summed E-state index contributed by atoms with van der Waals surface area (Å²) >= 11 is 0. The third kappa shape index (κ3) is 4.64. The van der Waals surface area contributed by atoms with Gasteiger partial charge in [-0.25, -0.2) is 9.67 Å². The highest BCUT2D eigenvalue weighted by Crippen LogP contribution is 2.05. The minimum Gasteiger partial charge on any atom is -0.345 e. The number of carbonyl (C=O) groups excluding carboxylic acids is 2. The van der Waals surface area contributed by atoms with Crippen LogP contribution < -0.4 is 5.32 Å². The highest BCUT2D eigenvalue weighted by Gasteiger charge is 2.18. The van der Waals surface area contributed by atoms with Crippen molar-refractivity contribution in [1.29, 1.82) is 0 Å². The molecule has 0 saturated carbocycles. The van der Waals surface area contributed by atoms with Gasteiger partial charge in [-0.1, -0.05) is 30.3 Å². The van der Waals surface area contributed by atoms with Gasteiger partial charge in [-0.05, 0) is 19.4 Å². The Balaban J connectivity index is 1.86. The summed E-state index contributed by atoms with van der Waals surface area (Å²) in [4.78, 5) is 29.8. The molecule has 0 spiro atoms. The first-order valence-electron chi connectivity index (χ1n) is 7.55. The molecule has 122 valence electrons. The largest absolute Gasteiger partial charge is 0.345 e. The maximum atomic E-state index is 12.3. The van der Waals surface area contributed by atoms with E-state index in [-0.39, 0.29) is 18.4 Å². The van der Waals surface area contributed by atoms with Gasteiger partial charge in [0.15, 0.2) is 0 Å². The van der Waals surface area contributed by atoms with Gasteiger partial charge in [0, 0.05) is 13.1 Å². The summed E-state index contributed by atoms with van der Waals surface area (Å²) in [5, 5.41) is 6.57. The van der Waals surface area contributed by atoms with Gasteiger partial charge in [0.25, 0.3) is 0 Å². The first kappa shape index (κ1) is 16.7. The molecule has 7 nitrogen and oxygen atoms in total. The Kier molecular flexibility index (Phi) is 5.85. The second-order valence-electron chi connectivity index (χ2n) is 5.16. The average Bonchev–Trinajstić information content (AvgIpc) is 3.12. The highest BCUT2D eigenvalue weighted by molar-refractivity contribution is 5.86. The lowest BCUT2D eigenvalue weighted by molar-refractivity contribution is -0.134. The Bertz CT molecular complexity index is 627. The van der Waals surface area contributed by atoms with Crippen LogP contribution in [0.2, 0.25) is 0 Å². The normalized spacial score (nSPS) is 11.7. The number of rotatable bonds is 7. The topological polar surface area (TPSA) is 80.1 Å². The lowest BCUT2D eigenvalue weighted by Gasteiger charge is -2.21. The fourth-order valence-corrected chi connectivity index (χ4v) is 2.14. The van der Waals surface area contributed by atoms with Crippen LogP contribution in [0.1, 0.15) is 25.5 Å². The van der Waals surface area contributed by atoms with Gasteiger partial charge >= 0.3 is 0 Å². The number of hydrogen-bond donors (Lipinski definition) is 1. The zero-order valence-electron chi connectivity index (χ0n) is 13.3. The molecule has 1 atom stereocenters. The van der Waals surface area contributed by atoms with Crippen LogP contribution in [0.3, 0.4) is 0 Å². The van der Waals surface area contributed by atoms with E-state index in [4.69, 9.17) is 0 Å². The molecule has 2 amide bonds. The number of benzene rings is 1. The summed E-state index contributed by atoms with van der Waals surface area (Å²) in [7, 11) is 0. The van der Waals surface area contributed by atoms with Crippen LogP contribution in [0.4, 0.5) is 0 Å². The fourth-order valence-electron chi connectivity index (χ4n) is 2.14. The van der Waals surface area contributed by atoms with E-state index in [1.165, 1.54) is 17.3 Å². The molecule has 0 radical (unpaired) electrons. The number of hydrogen-bond acceptors (Lipinski definition) is 4. The predicted octanol–water partition coefficient (Wildman–Crippen LogP) is 1.00. The Morgan fingerprint density at radius 1 is 1.30 bits per heavy atom. The summed E-state index contributed by atoms with van der Waals surface area (Å²) in [6.07, 6.45) is 2.84. The first-order chi connectivity index (χ1) is 11.1. The van der Waals surface area contributed by atoms with Gasteiger partial charge in [0.1, 0.15) is 18.7 Å². The van der Waals surface area contributed by atoms with Gasteiger partial charge < -0.3 is 10.2 Å². The van der Waals surface area contributed by atoms with E-state index in [0.29, 0.717) is 13.1 Å². The SMILES string of the molecule is CCN(Cc1ccccc1)C(=O)CNC(=O)C(C)n1cncn1. The van der Waals surface area contributed by atoms with E-state index in [0.717, 1.165) is 5.56 Å². The maximum Gasteiger partial charge on any atom is 0.245 e. The van der Waals surface area contributed by atoms with Crippen molar-refractivity contribution < 1.29 is 9.59 Å². The van der Waals surface area contributed by atoms with Gasteiger partial charge in [0.05, 0.1) is 6.54 Å². The molecule has 0 fully saturated rings. The summed E-state index contributed by atoms with van der Waals surface area (Å²) in [5.41, 5.74) is 1.06. The number of amides is 2. The quantitative estimate of drug-likeness (QED) is 0.827. The molecule has 0 saturated heterocycles. The number of aromatic nitrogens is 3. The summed E-state index contributed by atoms with van der Waals surface area (Å²) < 4.78 is 1.45. The van der Waals surface area contributed by atoms with Crippen molar-refractivity contribution in [2.75, 3.05) is 13.1 Å². The van der Waals surface area contributed by atoms with Crippen LogP contribution in [0.15, 0.2) is 43.0 Å². The Morgan fingerprint density at radius 3 is 2.65 bits per heavy atom. The molecule has 1 aromatic carbocycles. The molecular weight excluding hydrogens is 294 g/mol. The zero-order chi connectivity index (χ0) is 16.7. The van der Waals surface area contributed by atoms with Crippen molar-refractivity contribution >= 4 is 11.8 Å². The monoisotopic (exact) mass is 315 g/mol. The summed E-state index contributed by atoms with van der Waals surface area (Å²) in [6, 6.07) is 9.26. The van der Waals surface area contributed by atoms with Crippen molar-refractivity contribution in [2.45, 2.75) is 26.4 Å². The molecule has 1 unspecified atom stereocenters. The standard InChI is InChI=1S/C16H21N5O2/c1-3-20(10-14-7-5-4-6-8-14)15(22)9-18-16(23)13(2)21-12-17-11-19-21/h4-8,11-13H,3,9-10H2,1-2H3,(H,18,23). The molecule has 2 aromatic rings. The molecular formula is C16H21N5O2. The van der Waals surface area contributed by atoms with Gasteiger partial charge in [0.2, 0.25) is 11.8 Å². The third-order valence-corrected chi connectivity index (χ3v) is 3.58. The second kappa shape index (κ2) is 8.07. The minimum atomic E-state index is -0.505. The summed E-state index contributed by atoms with van der Waals surface area (Å²) in [6.45, 7) is 4.71. The molecule has 7 heteroatoms. The van der Waals surface area contributed by atoms with Crippen molar-refractivity contribution in [3.05, 3.63) is 48.5 Å². The Labute approximate surface area is 135 Å². The molecule has 23 heavy (non-hydrogen) atoms. The molecule has 0 bridgehead atoms. The van der Waals surface area contributed by atoms with Gasteiger partial charge in [-0.15, -0.1) is 0 Å². The van der Waals surface area contributed by atoms with E-state index in [9.17, 15) is 9.59 Å². The number of nitrogens with one attached hydrogen (secondary N) is 1. The van der Waals surface area contributed by atoms with Gasteiger partial charge in [-0.2, -0.15) is 5.10 Å². The number of nitrogens with zero attached hydrogens (tertiary/aromatic N) is 4. The molecule has 0 aliphatic carbocycles. The van der Waals surface area contributed by atoms with E-state index in [1.807, 2.05) is 37.3 Å². The molecule has 2 rings (SSSR count).